The van der Waals surface area contributed by atoms with Gasteiger partial charge in [-0.3, -0.25) is 9.69 Å². The van der Waals surface area contributed by atoms with Crippen LogP contribution in [-0.2, 0) is 16.1 Å². The predicted molar refractivity (Wildman–Crippen MR) is 102 cm³/mol. The summed E-state index contributed by atoms with van der Waals surface area (Å²) in [6, 6.07) is 8.91. The highest BCUT2D eigenvalue weighted by atomic mass is 16.5. The first kappa shape index (κ1) is 19.2. The molecule has 1 saturated heterocycles. The van der Waals surface area contributed by atoms with Gasteiger partial charge in [-0.25, -0.2) is 0 Å². The molecule has 1 saturated carbocycles. The Morgan fingerprint density at radius 1 is 1.35 bits per heavy atom. The molecule has 1 unspecified atom stereocenters. The average Bonchev–Trinajstić information content (AvgIpc) is 3.46. The SMILES string of the molecule is CCOc1ccccc1CN(C(=O)CC1CN(C(C)C)CCO1)C1CC1. The van der Waals surface area contributed by atoms with E-state index in [0.717, 1.165) is 37.2 Å². The molecule has 144 valence electrons. The molecule has 0 bridgehead atoms. The molecular weight excluding hydrogens is 328 g/mol. The van der Waals surface area contributed by atoms with Gasteiger partial charge in [0.2, 0.25) is 5.91 Å². The third-order valence-corrected chi connectivity index (χ3v) is 5.22. The van der Waals surface area contributed by atoms with Crippen LogP contribution in [0.4, 0.5) is 0 Å². The molecule has 1 aromatic rings. The summed E-state index contributed by atoms with van der Waals surface area (Å²) < 4.78 is 11.6. The maximum absolute atomic E-state index is 13.0. The van der Waals surface area contributed by atoms with Crippen LogP contribution in [-0.4, -0.2) is 60.2 Å². The van der Waals surface area contributed by atoms with E-state index < -0.39 is 0 Å². The number of hydrogen-bond acceptors (Lipinski definition) is 4. The Morgan fingerprint density at radius 3 is 2.81 bits per heavy atom. The van der Waals surface area contributed by atoms with E-state index in [0.29, 0.717) is 38.3 Å². The Balaban J connectivity index is 1.64. The molecular formula is C21H32N2O3. The Labute approximate surface area is 157 Å². The summed E-state index contributed by atoms with van der Waals surface area (Å²) in [5, 5.41) is 0. The van der Waals surface area contributed by atoms with E-state index in [2.05, 4.69) is 24.8 Å². The number of amides is 1. The fourth-order valence-corrected chi connectivity index (χ4v) is 3.57. The number of carbonyl (C=O) groups excluding carboxylic acids is 1. The standard InChI is InChI=1S/C21H32N2O3/c1-4-25-20-8-6-5-7-17(20)14-23(18-9-10-18)21(24)13-19-15-22(16(2)3)11-12-26-19/h5-8,16,18-19H,4,9-15H2,1-3H3. The molecule has 0 N–H and O–H groups in total. The summed E-state index contributed by atoms with van der Waals surface area (Å²) in [4.78, 5) is 17.5. The number of para-hydroxylation sites is 1. The molecule has 1 aliphatic carbocycles. The lowest BCUT2D eigenvalue weighted by atomic mass is 10.1. The Kier molecular flexibility index (Phi) is 6.54. The first-order valence-electron chi connectivity index (χ1n) is 9.94. The second-order valence-electron chi connectivity index (χ2n) is 7.58. The van der Waals surface area contributed by atoms with Crippen molar-refractivity contribution in [3.8, 4) is 5.75 Å². The van der Waals surface area contributed by atoms with Crippen molar-refractivity contribution in [2.75, 3.05) is 26.3 Å². The van der Waals surface area contributed by atoms with E-state index in [1.165, 1.54) is 0 Å². The second-order valence-corrected chi connectivity index (χ2v) is 7.58. The monoisotopic (exact) mass is 360 g/mol. The minimum Gasteiger partial charge on any atom is -0.494 e. The number of carbonyl (C=O) groups is 1. The smallest absolute Gasteiger partial charge is 0.225 e. The zero-order valence-corrected chi connectivity index (χ0v) is 16.3. The average molecular weight is 360 g/mol. The van der Waals surface area contributed by atoms with Crippen LogP contribution in [0.15, 0.2) is 24.3 Å². The molecule has 1 aromatic carbocycles. The minimum atomic E-state index is 0.00188. The third kappa shape index (κ3) is 4.98. The fourth-order valence-electron chi connectivity index (χ4n) is 3.57. The summed E-state index contributed by atoms with van der Waals surface area (Å²) >= 11 is 0. The molecule has 1 atom stereocenters. The Bertz CT molecular complexity index is 601. The molecule has 2 aliphatic rings. The van der Waals surface area contributed by atoms with Crippen molar-refractivity contribution in [3.05, 3.63) is 29.8 Å². The summed E-state index contributed by atoms with van der Waals surface area (Å²) in [5.41, 5.74) is 1.09. The van der Waals surface area contributed by atoms with Crippen molar-refractivity contribution in [1.82, 2.24) is 9.80 Å². The van der Waals surface area contributed by atoms with Gasteiger partial charge in [0, 0.05) is 37.3 Å². The number of benzene rings is 1. The number of nitrogens with zero attached hydrogens (tertiary/aromatic N) is 2. The van der Waals surface area contributed by atoms with Crippen LogP contribution >= 0.6 is 0 Å². The zero-order valence-electron chi connectivity index (χ0n) is 16.3. The van der Waals surface area contributed by atoms with Crippen LogP contribution in [0.25, 0.3) is 0 Å². The molecule has 5 heteroatoms. The normalized spacial score (nSPS) is 21.0. The lowest BCUT2D eigenvalue weighted by Gasteiger charge is -2.36. The molecule has 0 radical (unpaired) electrons. The van der Waals surface area contributed by atoms with Crippen molar-refractivity contribution >= 4 is 5.91 Å². The van der Waals surface area contributed by atoms with Gasteiger partial charge in [-0.2, -0.15) is 0 Å². The Morgan fingerprint density at radius 2 is 2.12 bits per heavy atom. The van der Waals surface area contributed by atoms with Gasteiger partial charge in [-0.05, 0) is 39.7 Å². The van der Waals surface area contributed by atoms with Gasteiger partial charge < -0.3 is 14.4 Å². The van der Waals surface area contributed by atoms with Gasteiger partial charge in [0.1, 0.15) is 5.75 Å². The highest BCUT2D eigenvalue weighted by molar-refractivity contribution is 5.77. The molecule has 2 fully saturated rings. The van der Waals surface area contributed by atoms with E-state index >= 15 is 0 Å². The molecule has 1 amide bonds. The van der Waals surface area contributed by atoms with Gasteiger partial charge in [-0.15, -0.1) is 0 Å². The molecule has 1 heterocycles. The molecule has 1 aliphatic heterocycles. The third-order valence-electron chi connectivity index (χ3n) is 5.22. The Hall–Kier alpha value is -1.59. The lowest BCUT2D eigenvalue weighted by molar-refractivity contribution is -0.137. The number of hydrogen-bond donors (Lipinski definition) is 0. The van der Waals surface area contributed by atoms with Gasteiger partial charge in [0.25, 0.3) is 0 Å². The minimum absolute atomic E-state index is 0.00188. The highest BCUT2D eigenvalue weighted by Gasteiger charge is 2.35. The van der Waals surface area contributed by atoms with Crippen LogP contribution in [0.5, 0.6) is 5.75 Å². The van der Waals surface area contributed by atoms with E-state index in [1.807, 2.05) is 30.0 Å². The van der Waals surface area contributed by atoms with Crippen LogP contribution < -0.4 is 4.74 Å². The summed E-state index contributed by atoms with van der Waals surface area (Å²) in [6.07, 6.45) is 2.68. The number of morpholine rings is 1. The van der Waals surface area contributed by atoms with Gasteiger partial charge in [0.05, 0.1) is 25.7 Å². The van der Waals surface area contributed by atoms with Crippen LogP contribution in [0.2, 0.25) is 0 Å². The van der Waals surface area contributed by atoms with Gasteiger partial charge in [-0.1, -0.05) is 18.2 Å². The maximum atomic E-state index is 13.0. The summed E-state index contributed by atoms with van der Waals surface area (Å²) in [7, 11) is 0. The van der Waals surface area contributed by atoms with Crippen molar-refractivity contribution in [3.63, 3.8) is 0 Å². The first-order valence-corrected chi connectivity index (χ1v) is 9.94. The number of rotatable bonds is 8. The van der Waals surface area contributed by atoms with E-state index in [4.69, 9.17) is 9.47 Å². The van der Waals surface area contributed by atoms with Crippen LogP contribution in [0.3, 0.4) is 0 Å². The van der Waals surface area contributed by atoms with Crippen molar-refractivity contribution in [2.45, 2.75) is 64.8 Å². The lowest BCUT2D eigenvalue weighted by Crippen LogP contribution is -2.47. The van der Waals surface area contributed by atoms with Crippen molar-refractivity contribution in [2.24, 2.45) is 0 Å². The topological polar surface area (TPSA) is 42.0 Å². The second kappa shape index (κ2) is 8.87. The summed E-state index contributed by atoms with van der Waals surface area (Å²) in [5.74, 6) is 1.09. The van der Waals surface area contributed by atoms with E-state index in [-0.39, 0.29) is 12.0 Å². The quantitative estimate of drug-likeness (QED) is 0.714. The molecule has 0 spiro atoms. The van der Waals surface area contributed by atoms with Crippen LogP contribution in [0.1, 0.15) is 45.6 Å². The van der Waals surface area contributed by atoms with Crippen molar-refractivity contribution < 1.29 is 14.3 Å². The molecule has 3 rings (SSSR count). The molecule has 0 aromatic heterocycles. The predicted octanol–water partition coefficient (Wildman–Crippen LogP) is 3.08. The summed E-state index contributed by atoms with van der Waals surface area (Å²) in [6.45, 7) is 10.2. The fraction of sp³-hybridized carbons (Fsp3) is 0.667. The first-order chi connectivity index (χ1) is 12.6. The largest absolute Gasteiger partial charge is 0.494 e. The maximum Gasteiger partial charge on any atom is 0.225 e. The number of ether oxygens (including phenoxy) is 2. The molecule has 26 heavy (non-hydrogen) atoms. The van der Waals surface area contributed by atoms with Crippen LogP contribution in [0, 0.1) is 0 Å². The van der Waals surface area contributed by atoms with Gasteiger partial charge in [0.15, 0.2) is 0 Å². The zero-order chi connectivity index (χ0) is 18.5. The molecule has 5 nitrogen and oxygen atoms in total. The van der Waals surface area contributed by atoms with Crippen molar-refractivity contribution in [1.29, 1.82) is 0 Å². The van der Waals surface area contributed by atoms with Gasteiger partial charge >= 0.3 is 0 Å². The highest BCUT2D eigenvalue weighted by Crippen LogP contribution is 2.31. The van der Waals surface area contributed by atoms with E-state index in [1.54, 1.807) is 0 Å². The van der Waals surface area contributed by atoms with E-state index in [9.17, 15) is 4.79 Å².